The van der Waals surface area contributed by atoms with Crippen LogP contribution in [0.5, 0.6) is 5.75 Å². The zero-order chi connectivity index (χ0) is 21.8. The van der Waals surface area contributed by atoms with Crippen molar-refractivity contribution < 1.29 is 19.4 Å². The van der Waals surface area contributed by atoms with E-state index in [-0.39, 0.29) is 30.4 Å². The number of nitrogens with two attached hydrogens (primary N) is 1. The minimum atomic E-state index is -0.738. The maximum Gasteiger partial charge on any atom is 0.407 e. The lowest BCUT2D eigenvalue weighted by Gasteiger charge is -2.14. The molecule has 2 amide bonds. The molecule has 6 heteroatoms. The number of fused-ring (bicyclic) bond motifs is 3. The van der Waals surface area contributed by atoms with E-state index in [0.29, 0.717) is 5.56 Å². The Kier molecular flexibility index (Phi) is 5.59. The standard InChI is InChI=1S/C25H20N2O4/c26-24(29)21-14-16(11-12-23(21)28)6-5-13-27-25(30)31-15-22-19-9-3-1-7-17(19)18-8-2-4-10-20(18)22/h1-4,7-12,14,22,28H,13,15H2,(H2,26,29)(H,27,30). The highest BCUT2D eigenvalue weighted by atomic mass is 16.5. The fourth-order valence-corrected chi connectivity index (χ4v) is 3.72. The van der Waals surface area contributed by atoms with E-state index in [2.05, 4.69) is 41.4 Å². The van der Waals surface area contributed by atoms with Crippen LogP contribution in [0.3, 0.4) is 0 Å². The summed E-state index contributed by atoms with van der Waals surface area (Å²) < 4.78 is 5.45. The smallest absolute Gasteiger partial charge is 0.407 e. The van der Waals surface area contributed by atoms with Gasteiger partial charge in [0, 0.05) is 11.5 Å². The number of primary amides is 1. The van der Waals surface area contributed by atoms with Crippen LogP contribution >= 0.6 is 0 Å². The summed E-state index contributed by atoms with van der Waals surface area (Å²) in [4.78, 5) is 23.4. The van der Waals surface area contributed by atoms with E-state index in [4.69, 9.17) is 10.5 Å². The number of hydrogen-bond donors (Lipinski definition) is 3. The summed E-state index contributed by atoms with van der Waals surface area (Å²) in [5.41, 5.74) is 10.3. The van der Waals surface area contributed by atoms with Gasteiger partial charge in [-0.15, -0.1) is 0 Å². The molecule has 4 rings (SSSR count). The Hall–Kier alpha value is -4.24. The maximum absolute atomic E-state index is 12.1. The molecular weight excluding hydrogens is 392 g/mol. The van der Waals surface area contributed by atoms with Crippen molar-refractivity contribution in [3.05, 3.63) is 89.0 Å². The third-order valence-electron chi connectivity index (χ3n) is 5.16. The van der Waals surface area contributed by atoms with Gasteiger partial charge in [0.15, 0.2) is 0 Å². The van der Waals surface area contributed by atoms with Crippen molar-refractivity contribution in [2.45, 2.75) is 5.92 Å². The van der Waals surface area contributed by atoms with Crippen molar-refractivity contribution in [1.82, 2.24) is 5.32 Å². The van der Waals surface area contributed by atoms with Gasteiger partial charge >= 0.3 is 6.09 Å². The topological polar surface area (TPSA) is 102 Å². The van der Waals surface area contributed by atoms with Crippen molar-refractivity contribution in [2.75, 3.05) is 13.2 Å². The number of hydrogen-bond acceptors (Lipinski definition) is 4. The highest BCUT2D eigenvalue weighted by Gasteiger charge is 2.28. The van der Waals surface area contributed by atoms with Crippen LogP contribution in [0, 0.1) is 11.8 Å². The molecule has 3 aromatic carbocycles. The SMILES string of the molecule is NC(=O)c1cc(C#CCNC(=O)OCC2c3ccccc3-c3ccccc32)ccc1O. The van der Waals surface area contributed by atoms with Crippen LogP contribution in [0.4, 0.5) is 4.79 Å². The van der Waals surface area contributed by atoms with Gasteiger partial charge in [-0.05, 0) is 40.5 Å². The minimum absolute atomic E-state index is 0.00343. The highest BCUT2D eigenvalue weighted by Crippen LogP contribution is 2.44. The van der Waals surface area contributed by atoms with E-state index in [0.717, 1.165) is 11.1 Å². The number of ether oxygens (including phenoxy) is 1. The van der Waals surface area contributed by atoms with Crippen LogP contribution in [-0.4, -0.2) is 30.3 Å². The summed E-state index contributed by atoms with van der Waals surface area (Å²) in [6.45, 7) is 0.302. The van der Waals surface area contributed by atoms with E-state index in [1.165, 1.54) is 23.3 Å². The largest absolute Gasteiger partial charge is 0.507 e. The van der Waals surface area contributed by atoms with Crippen LogP contribution < -0.4 is 11.1 Å². The predicted octanol–water partition coefficient (Wildman–Crippen LogP) is 3.38. The summed E-state index contributed by atoms with van der Waals surface area (Å²) in [7, 11) is 0. The van der Waals surface area contributed by atoms with E-state index in [9.17, 15) is 14.7 Å². The molecule has 0 radical (unpaired) electrons. The Bertz CT molecular complexity index is 1180. The Morgan fingerprint density at radius 1 is 1.00 bits per heavy atom. The second-order valence-electron chi connectivity index (χ2n) is 7.08. The number of benzene rings is 3. The molecule has 0 atom stereocenters. The first-order valence-electron chi connectivity index (χ1n) is 9.75. The molecule has 0 aromatic heterocycles. The molecule has 0 saturated heterocycles. The highest BCUT2D eigenvalue weighted by molar-refractivity contribution is 5.95. The van der Waals surface area contributed by atoms with Crippen LogP contribution in [-0.2, 0) is 4.74 Å². The van der Waals surface area contributed by atoms with E-state index < -0.39 is 12.0 Å². The average molecular weight is 412 g/mol. The van der Waals surface area contributed by atoms with Crippen LogP contribution in [0.1, 0.15) is 33.0 Å². The lowest BCUT2D eigenvalue weighted by atomic mass is 9.98. The summed E-state index contributed by atoms with van der Waals surface area (Å²) in [5, 5.41) is 12.2. The fourth-order valence-electron chi connectivity index (χ4n) is 3.72. The monoisotopic (exact) mass is 412 g/mol. The number of phenols is 1. The maximum atomic E-state index is 12.1. The summed E-state index contributed by atoms with van der Waals surface area (Å²) in [6.07, 6.45) is -0.556. The molecule has 4 N–H and O–H groups in total. The molecular formula is C25H20N2O4. The molecule has 0 bridgehead atoms. The number of aromatic hydroxyl groups is 1. The number of amides is 2. The molecule has 0 saturated carbocycles. The van der Waals surface area contributed by atoms with Crippen molar-refractivity contribution in [3.8, 4) is 28.7 Å². The van der Waals surface area contributed by atoms with E-state index >= 15 is 0 Å². The lowest BCUT2D eigenvalue weighted by molar-refractivity contribution is 0.0997. The van der Waals surface area contributed by atoms with Gasteiger partial charge in [-0.2, -0.15) is 0 Å². The molecule has 1 aliphatic carbocycles. The van der Waals surface area contributed by atoms with Crippen LogP contribution in [0.15, 0.2) is 66.7 Å². The molecule has 0 unspecified atom stereocenters. The Morgan fingerprint density at radius 2 is 1.65 bits per heavy atom. The lowest BCUT2D eigenvalue weighted by Crippen LogP contribution is -2.26. The number of alkyl carbamates (subject to hydrolysis) is 1. The molecule has 0 heterocycles. The third-order valence-corrected chi connectivity index (χ3v) is 5.16. The molecule has 0 spiro atoms. The third kappa shape index (κ3) is 4.21. The first-order chi connectivity index (χ1) is 15.0. The van der Waals surface area contributed by atoms with Crippen LogP contribution in [0.25, 0.3) is 11.1 Å². The second-order valence-corrected chi connectivity index (χ2v) is 7.08. The van der Waals surface area contributed by atoms with Crippen molar-refractivity contribution in [2.24, 2.45) is 5.73 Å². The summed E-state index contributed by atoms with van der Waals surface area (Å²) in [5.74, 6) is 4.64. The van der Waals surface area contributed by atoms with Gasteiger partial charge in [0.2, 0.25) is 0 Å². The number of nitrogens with one attached hydrogen (secondary N) is 1. The summed E-state index contributed by atoms with van der Waals surface area (Å²) in [6, 6.07) is 20.6. The van der Waals surface area contributed by atoms with E-state index in [1.807, 2.05) is 24.3 Å². The molecule has 31 heavy (non-hydrogen) atoms. The van der Waals surface area contributed by atoms with Gasteiger partial charge in [-0.25, -0.2) is 4.79 Å². The molecule has 0 aliphatic heterocycles. The van der Waals surface area contributed by atoms with Crippen molar-refractivity contribution >= 4 is 12.0 Å². The van der Waals surface area contributed by atoms with Crippen LogP contribution in [0.2, 0.25) is 0 Å². The van der Waals surface area contributed by atoms with Crippen molar-refractivity contribution in [3.63, 3.8) is 0 Å². The first-order valence-corrected chi connectivity index (χ1v) is 9.75. The van der Waals surface area contributed by atoms with Gasteiger partial charge in [0.05, 0.1) is 12.1 Å². The molecule has 6 nitrogen and oxygen atoms in total. The Labute approximate surface area is 179 Å². The normalized spacial score (nSPS) is 11.6. The fraction of sp³-hybridized carbons (Fsp3) is 0.120. The first kappa shape index (κ1) is 20.0. The number of carbonyl (C=O) groups excluding carboxylic acids is 2. The van der Waals surface area contributed by atoms with Gasteiger partial charge in [-0.1, -0.05) is 60.4 Å². The minimum Gasteiger partial charge on any atom is -0.507 e. The van der Waals surface area contributed by atoms with Gasteiger partial charge < -0.3 is 20.9 Å². The summed E-state index contributed by atoms with van der Waals surface area (Å²) >= 11 is 0. The zero-order valence-electron chi connectivity index (χ0n) is 16.6. The van der Waals surface area contributed by atoms with E-state index in [1.54, 1.807) is 6.07 Å². The molecule has 1 aliphatic rings. The average Bonchev–Trinajstić information content (AvgIpc) is 3.10. The molecule has 154 valence electrons. The number of rotatable bonds is 4. The van der Waals surface area contributed by atoms with Gasteiger partial charge in [0.1, 0.15) is 12.4 Å². The Balaban J connectivity index is 1.35. The molecule has 0 fully saturated rings. The van der Waals surface area contributed by atoms with Crippen molar-refractivity contribution in [1.29, 1.82) is 0 Å². The van der Waals surface area contributed by atoms with Gasteiger partial charge in [-0.3, -0.25) is 4.79 Å². The predicted molar refractivity (Wildman–Crippen MR) is 117 cm³/mol. The molecule has 3 aromatic rings. The second kappa shape index (κ2) is 8.64. The Morgan fingerprint density at radius 3 is 2.29 bits per heavy atom. The van der Waals surface area contributed by atoms with Gasteiger partial charge in [0.25, 0.3) is 5.91 Å². The quantitative estimate of drug-likeness (QED) is 0.572. The zero-order valence-corrected chi connectivity index (χ0v) is 16.6. The number of carbonyl (C=O) groups is 2.